The first-order chi connectivity index (χ1) is 7.70. The Bertz CT molecular complexity index is 491. The summed E-state index contributed by atoms with van der Waals surface area (Å²) in [6, 6.07) is 6.47. The highest BCUT2D eigenvalue weighted by molar-refractivity contribution is 5.85. The zero-order chi connectivity index (χ0) is 11.5. The van der Waals surface area contributed by atoms with Gasteiger partial charge in [0.25, 0.3) is 0 Å². The fourth-order valence-corrected chi connectivity index (χ4v) is 1.69. The number of halogens is 1. The van der Waals surface area contributed by atoms with Crippen molar-refractivity contribution in [3.8, 4) is 11.1 Å². The van der Waals surface area contributed by atoms with Gasteiger partial charge >= 0.3 is 0 Å². The molecule has 0 spiro atoms. The van der Waals surface area contributed by atoms with Gasteiger partial charge in [-0.15, -0.1) is 12.4 Å². The van der Waals surface area contributed by atoms with Crippen LogP contribution >= 0.6 is 12.4 Å². The number of rotatable bonds is 3. The third-order valence-electron chi connectivity index (χ3n) is 2.83. The summed E-state index contributed by atoms with van der Waals surface area (Å²) in [5, 5.41) is 4.27. The van der Waals surface area contributed by atoms with Crippen molar-refractivity contribution in [2.75, 3.05) is 6.54 Å². The molecule has 0 radical (unpaired) electrons. The van der Waals surface area contributed by atoms with Gasteiger partial charge in [0.05, 0.1) is 12.7 Å². The standard InChI is InChI=1S/C13H17N3.ClH/c1-10-3-4-12(7-11(10)2)13-8-15-16(9-13)6-5-14;/h3-4,7-9H,5-6,14H2,1-2H3;1H. The summed E-state index contributed by atoms with van der Waals surface area (Å²) in [6.45, 7) is 5.64. The summed E-state index contributed by atoms with van der Waals surface area (Å²) >= 11 is 0. The highest BCUT2D eigenvalue weighted by atomic mass is 35.5. The molecule has 1 aromatic heterocycles. The molecule has 0 aliphatic heterocycles. The molecule has 0 aliphatic rings. The van der Waals surface area contributed by atoms with E-state index < -0.39 is 0 Å². The number of aromatic nitrogens is 2. The van der Waals surface area contributed by atoms with Crippen molar-refractivity contribution in [1.29, 1.82) is 0 Å². The second kappa shape index (κ2) is 5.84. The van der Waals surface area contributed by atoms with E-state index in [0.29, 0.717) is 6.54 Å². The molecule has 2 rings (SSSR count). The molecule has 0 atom stereocenters. The first-order valence-electron chi connectivity index (χ1n) is 5.51. The lowest BCUT2D eigenvalue weighted by Crippen LogP contribution is -2.09. The van der Waals surface area contributed by atoms with Crippen LogP contribution < -0.4 is 5.73 Å². The third kappa shape index (κ3) is 3.08. The van der Waals surface area contributed by atoms with Crippen molar-refractivity contribution < 1.29 is 0 Å². The van der Waals surface area contributed by atoms with Crippen molar-refractivity contribution >= 4 is 12.4 Å². The van der Waals surface area contributed by atoms with Crippen LogP contribution in [0.4, 0.5) is 0 Å². The van der Waals surface area contributed by atoms with Crippen LogP contribution in [0.2, 0.25) is 0 Å². The normalized spacial score (nSPS) is 10.1. The lowest BCUT2D eigenvalue weighted by Gasteiger charge is -2.02. The first-order valence-corrected chi connectivity index (χ1v) is 5.51. The number of nitrogens with zero attached hydrogens (tertiary/aromatic N) is 2. The Labute approximate surface area is 108 Å². The van der Waals surface area contributed by atoms with E-state index >= 15 is 0 Å². The van der Waals surface area contributed by atoms with E-state index in [0.717, 1.165) is 12.1 Å². The van der Waals surface area contributed by atoms with Gasteiger partial charge in [-0.25, -0.2) is 0 Å². The first kappa shape index (κ1) is 13.7. The van der Waals surface area contributed by atoms with Crippen molar-refractivity contribution in [3.05, 3.63) is 41.7 Å². The Morgan fingerprint density at radius 2 is 1.94 bits per heavy atom. The number of aryl methyl sites for hydroxylation is 2. The Kier molecular flexibility index (Phi) is 4.73. The molecule has 0 fully saturated rings. The molecule has 1 heterocycles. The number of hydrogen-bond acceptors (Lipinski definition) is 2. The molecule has 0 bridgehead atoms. The second-order valence-electron chi connectivity index (χ2n) is 4.08. The van der Waals surface area contributed by atoms with Crippen LogP contribution in [0.5, 0.6) is 0 Å². The molecule has 0 saturated heterocycles. The highest BCUT2D eigenvalue weighted by Crippen LogP contribution is 2.21. The zero-order valence-electron chi connectivity index (χ0n) is 10.2. The van der Waals surface area contributed by atoms with Crippen LogP contribution in [0.1, 0.15) is 11.1 Å². The topological polar surface area (TPSA) is 43.8 Å². The number of hydrogen-bond donors (Lipinski definition) is 1. The molecular formula is C13H18ClN3. The molecule has 0 saturated carbocycles. The average Bonchev–Trinajstić information content (AvgIpc) is 2.71. The minimum atomic E-state index is 0. The van der Waals surface area contributed by atoms with Crippen LogP contribution in [-0.2, 0) is 6.54 Å². The lowest BCUT2D eigenvalue weighted by molar-refractivity contribution is 0.625. The second-order valence-corrected chi connectivity index (χ2v) is 4.08. The minimum absolute atomic E-state index is 0. The molecular weight excluding hydrogens is 234 g/mol. The van der Waals surface area contributed by atoms with Crippen molar-refractivity contribution in [2.24, 2.45) is 5.73 Å². The van der Waals surface area contributed by atoms with E-state index in [9.17, 15) is 0 Å². The van der Waals surface area contributed by atoms with Crippen LogP contribution in [0.3, 0.4) is 0 Å². The maximum Gasteiger partial charge on any atom is 0.0568 e. The Balaban J connectivity index is 0.00000144. The van der Waals surface area contributed by atoms with E-state index in [2.05, 4.69) is 37.1 Å². The summed E-state index contributed by atoms with van der Waals surface area (Å²) in [7, 11) is 0. The highest BCUT2D eigenvalue weighted by Gasteiger charge is 2.02. The summed E-state index contributed by atoms with van der Waals surface area (Å²) < 4.78 is 1.88. The van der Waals surface area contributed by atoms with Gasteiger partial charge in [-0.1, -0.05) is 18.2 Å². The van der Waals surface area contributed by atoms with Crippen molar-refractivity contribution in [2.45, 2.75) is 20.4 Å². The third-order valence-corrected chi connectivity index (χ3v) is 2.83. The van der Waals surface area contributed by atoms with Crippen LogP contribution in [0.25, 0.3) is 11.1 Å². The molecule has 2 N–H and O–H groups in total. The molecule has 3 nitrogen and oxygen atoms in total. The summed E-state index contributed by atoms with van der Waals surface area (Å²) in [5.41, 5.74) is 10.5. The van der Waals surface area contributed by atoms with E-state index in [1.54, 1.807) is 0 Å². The van der Waals surface area contributed by atoms with E-state index in [4.69, 9.17) is 5.73 Å². The van der Waals surface area contributed by atoms with Gasteiger partial charge in [-0.05, 0) is 30.5 Å². The Morgan fingerprint density at radius 3 is 2.59 bits per heavy atom. The quantitative estimate of drug-likeness (QED) is 0.911. The van der Waals surface area contributed by atoms with Gasteiger partial charge in [0.1, 0.15) is 0 Å². The Morgan fingerprint density at radius 1 is 1.18 bits per heavy atom. The molecule has 17 heavy (non-hydrogen) atoms. The summed E-state index contributed by atoms with van der Waals surface area (Å²) in [4.78, 5) is 0. The fraction of sp³-hybridized carbons (Fsp3) is 0.308. The number of benzene rings is 1. The molecule has 92 valence electrons. The SMILES string of the molecule is Cc1ccc(-c2cnn(CCN)c2)cc1C.Cl. The Hall–Kier alpha value is -1.32. The van der Waals surface area contributed by atoms with Gasteiger partial charge in [0, 0.05) is 18.3 Å². The van der Waals surface area contributed by atoms with Gasteiger partial charge in [-0.2, -0.15) is 5.10 Å². The number of nitrogens with two attached hydrogens (primary N) is 1. The van der Waals surface area contributed by atoms with Crippen LogP contribution in [-0.4, -0.2) is 16.3 Å². The zero-order valence-corrected chi connectivity index (χ0v) is 11.0. The van der Waals surface area contributed by atoms with Gasteiger partial charge < -0.3 is 5.73 Å². The minimum Gasteiger partial charge on any atom is -0.329 e. The molecule has 2 aromatic rings. The van der Waals surface area contributed by atoms with Crippen LogP contribution in [0.15, 0.2) is 30.6 Å². The molecule has 0 amide bonds. The maximum absolute atomic E-state index is 5.49. The van der Waals surface area contributed by atoms with Crippen molar-refractivity contribution in [1.82, 2.24) is 9.78 Å². The van der Waals surface area contributed by atoms with E-state index in [1.807, 2.05) is 17.1 Å². The van der Waals surface area contributed by atoms with Gasteiger partial charge in [0.15, 0.2) is 0 Å². The molecule has 4 heteroatoms. The van der Waals surface area contributed by atoms with Crippen LogP contribution in [0, 0.1) is 13.8 Å². The van der Waals surface area contributed by atoms with Gasteiger partial charge in [0.2, 0.25) is 0 Å². The summed E-state index contributed by atoms with van der Waals surface area (Å²) in [6.07, 6.45) is 3.93. The predicted molar refractivity (Wildman–Crippen MR) is 73.4 cm³/mol. The van der Waals surface area contributed by atoms with E-state index in [-0.39, 0.29) is 12.4 Å². The molecule has 0 unspecified atom stereocenters. The monoisotopic (exact) mass is 251 g/mol. The smallest absolute Gasteiger partial charge is 0.0568 e. The van der Waals surface area contributed by atoms with E-state index in [1.165, 1.54) is 16.7 Å². The van der Waals surface area contributed by atoms with Gasteiger partial charge in [-0.3, -0.25) is 4.68 Å². The largest absolute Gasteiger partial charge is 0.329 e. The predicted octanol–water partition coefficient (Wildman–Crippen LogP) is 2.55. The molecule has 0 aliphatic carbocycles. The van der Waals surface area contributed by atoms with Crippen molar-refractivity contribution in [3.63, 3.8) is 0 Å². The average molecular weight is 252 g/mol. The summed E-state index contributed by atoms with van der Waals surface area (Å²) in [5.74, 6) is 0. The fourth-order valence-electron chi connectivity index (χ4n) is 1.69. The lowest BCUT2D eigenvalue weighted by atomic mass is 10.0. The molecule has 1 aromatic carbocycles. The maximum atomic E-state index is 5.49.